The number of allylic oxidation sites excluding steroid dienone is 1. The van der Waals surface area contributed by atoms with Crippen LogP contribution in [0.15, 0.2) is 12.2 Å². The fourth-order valence-corrected chi connectivity index (χ4v) is 4.57. The number of aliphatic hydroxyl groups is 5. The molecule has 1 saturated heterocycles. The molecule has 1 aliphatic heterocycles. The van der Waals surface area contributed by atoms with E-state index < -0.39 is 49.5 Å². The number of rotatable bonds is 22. The molecule has 1 amide bonds. The van der Waals surface area contributed by atoms with Crippen molar-refractivity contribution in [1.82, 2.24) is 5.32 Å². The van der Waals surface area contributed by atoms with E-state index in [-0.39, 0.29) is 12.5 Å². The maximum Gasteiger partial charge on any atom is 0.220 e. The van der Waals surface area contributed by atoms with Crippen molar-refractivity contribution in [2.45, 2.75) is 153 Å². The minimum Gasteiger partial charge on any atom is -0.394 e. The Hall–Kier alpha value is -1.07. The van der Waals surface area contributed by atoms with Crippen LogP contribution in [0.4, 0.5) is 0 Å². The molecule has 0 aliphatic carbocycles. The lowest BCUT2D eigenvalue weighted by Crippen LogP contribution is -2.60. The summed E-state index contributed by atoms with van der Waals surface area (Å²) in [6.07, 6.45) is 12.0. The summed E-state index contributed by atoms with van der Waals surface area (Å²) in [7, 11) is 0. The molecule has 1 fully saturated rings. The summed E-state index contributed by atoms with van der Waals surface area (Å²) in [6.45, 7) is 3.50. The van der Waals surface area contributed by atoms with Crippen molar-refractivity contribution in [3.63, 3.8) is 0 Å². The van der Waals surface area contributed by atoms with E-state index in [4.69, 9.17) is 9.47 Å². The van der Waals surface area contributed by atoms with Crippen LogP contribution in [0, 0.1) is 0 Å². The number of aliphatic hydroxyl groups excluding tert-OH is 5. The van der Waals surface area contributed by atoms with Gasteiger partial charge in [-0.25, -0.2) is 0 Å². The van der Waals surface area contributed by atoms with Crippen molar-refractivity contribution in [1.29, 1.82) is 0 Å². The summed E-state index contributed by atoms with van der Waals surface area (Å²) in [5, 5.41) is 52.9. The normalized spacial score (nSPS) is 25.5. The van der Waals surface area contributed by atoms with Crippen LogP contribution in [0.5, 0.6) is 0 Å². The first-order chi connectivity index (χ1) is 18.3. The number of hydrogen-bond acceptors (Lipinski definition) is 8. The fraction of sp³-hybridized carbons (Fsp3) is 0.897. The molecule has 7 unspecified atom stereocenters. The maximum atomic E-state index is 12.6. The molecular weight excluding hydrogens is 490 g/mol. The number of unbranched alkanes of at least 4 members (excludes halogenated alkanes) is 12. The van der Waals surface area contributed by atoms with Gasteiger partial charge < -0.3 is 40.3 Å². The van der Waals surface area contributed by atoms with Crippen LogP contribution in [-0.4, -0.2) is 87.5 Å². The molecule has 224 valence electrons. The molecular formula is C29H55NO8. The number of nitrogens with one attached hydrogen (secondary N) is 1. The monoisotopic (exact) mass is 545 g/mol. The molecule has 6 N–H and O–H groups in total. The topological polar surface area (TPSA) is 149 Å². The van der Waals surface area contributed by atoms with Crippen molar-refractivity contribution in [2.75, 3.05) is 13.2 Å². The molecule has 0 aromatic rings. The van der Waals surface area contributed by atoms with E-state index in [0.29, 0.717) is 6.42 Å². The number of amides is 1. The Morgan fingerprint density at radius 1 is 0.868 bits per heavy atom. The number of ether oxygens (including phenoxy) is 2. The van der Waals surface area contributed by atoms with E-state index in [1.54, 1.807) is 6.08 Å². The number of carbonyl (C=O) groups is 1. The quantitative estimate of drug-likeness (QED) is 0.0898. The zero-order valence-corrected chi connectivity index (χ0v) is 23.7. The van der Waals surface area contributed by atoms with E-state index in [9.17, 15) is 30.3 Å². The molecule has 1 heterocycles. The van der Waals surface area contributed by atoms with Crippen LogP contribution >= 0.6 is 0 Å². The lowest BCUT2D eigenvalue weighted by molar-refractivity contribution is -0.302. The lowest BCUT2D eigenvalue weighted by Gasteiger charge is -2.40. The highest BCUT2D eigenvalue weighted by atomic mass is 16.7. The minimum atomic E-state index is -1.56. The number of hydrogen-bond donors (Lipinski definition) is 6. The minimum absolute atomic E-state index is 0.190. The highest BCUT2D eigenvalue weighted by molar-refractivity contribution is 5.76. The Balaban J connectivity index is 2.41. The van der Waals surface area contributed by atoms with Gasteiger partial charge in [0.15, 0.2) is 6.29 Å². The van der Waals surface area contributed by atoms with Gasteiger partial charge in [0.1, 0.15) is 24.4 Å². The first-order valence-electron chi connectivity index (χ1n) is 14.9. The van der Waals surface area contributed by atoms with Gasteiger partial charge in [-0.15, -0.1) is 0 Å². The third-order valence-corrected chi connectivity index (χ3v) is 7.09. The molecule has 1 aliphatic rings. The fourth-order valence-electron chi connectivity index (χ4n) is 4.57. The smallest absolute Gasteiger partial charge is 0.220 e. The van der Waals surface area contributed by atoms with E-state index in [1.807, 2.05) is 13.0 Å². The van der Waals surface area contributed by atoms with Crippen molar-refractivity contribution in [2.24, 2.45) is 0 Å². The van der Waals surface area contributed by atoms with Gasteiger partial charge in [-0.05, 0) is 12.8 Å². The van der Waals surface area contributed by atoms with Gasteiger partial charge in [-0.1, -0.05) is 103 Å². The third-order valence-electron chi connectivity index (χ3n) is 7.09. The molecule has 38 heavy (non-hydrogen) atoms. The highest BCUT2D eigenvalue weighted by Gasteiger charge is 2.44. The molecule has 1 rings (SSSR count). The molecule has 0 radical (unpaired) electrons. The zero-order valence-electron chi connectivity index (χ0n) is 23.7. The predicted molar refractivity (Wildman–Crippen MR) is 147 cm³/mol. The van der Waals surface area contributed by atoms with Gasteiger partial charge in [-0.2, -0.15) is 0 Å². The van der Waals surface area contributed by atoms with Gasteiger partial charge >= 0.3 is 0 Å². The van der Waals surface area contributed by atoms with Crippen molar-refractivity contribution < 1.29 is 39.8 Å². The second-order valence-electron chi connectivity index (χ2n) is 10.6. The second kappa shape index (κ2) is 21.7. The Morgan fingerprint density at radius 3 is 2.00 bits per heavy atom. The van der Waals surface area contributed by atoms with Gasteiger partial charge in [0.05, 0.1) is 25.4 Å². The summed E-state index contributed by atoms with van der Waals surface area (Å²) in [6, 6.07) is -0.791. The van der Waals surface area contributed by atoms with E-state index in [1.165, 1.54) is 57.8 Å². The third kappa shape index (κ3) is 14.4. The van der Waals surface area contributed by atoms with E-state index >= 15 is 0 Å². The Bertz CT molecular complexity index is 617. The van der Waals surface area contributed by atoms with Crippen LogP contribution < -0.4 is 5.32 Å². The summed E-state index contributed by atoms with van der Waals surface area (Å²) in [4.78, 5) is 12.6. The van der Waals surface area contributed by atoms with E-state index in [2.05, 4.69) is 12.2 Å². The van der Waals surface area contributed by atoms with Crippen molar-refractivity contribution in [3.05, 3.63) is 12.2 Å². The summed E-state index contributed by atoms with van der Waals surface area (Å²) < 4.78 is 11.0. The molecule has 0 spiro atoms. The largest absolute Gasteiger partial charge is 0.394 e. The Labute approximate surface area is 229 Å². The Morgan fingerprint density at radius 2 is 1.45 bits per heavy atom. The molecule has 7 atom stereocenters. The van der Waals surface area contributed by atoms with Gasteiger partial charge in [0.25, 0.3) is 0 Å². The van der Waals surface area contributed by atoms with Crippen LogP contribution in [0.1, 0.15) is 110 Å². The second-order valence-corrected chi connectivity index (χ2v) is 10.6. The molecule has 0 aromatic heterocycles. The SMILES string of the molecule is CCC/C=C/C(O)C(COC1OC(CO)C(O)C(O)C1O)NC(=O)CCCCCCCCCCCCCC. The summed E-state index contributed by atoms with van der Waals surface area (Å²) in [5.74, 6) is -0.192. The highest BCUT2D eigenvalue weighted by Crippen LogP contribution is 2.22. The lowest BCUT2D eigenvalue weighted by atomic mass is 9.99. The molecule has 0 saturated carbocycles. The summed E-state index contributed by atoms with van der Waals surface area (Å²) >= 11 is 0. The molecule has 0 aromatic carbocycles. The molecule has 9 nitrogen and oxygen atoms in total. The zero-order chi connectivity index (χ0) is 28.2. The average Bonchev–Trinajstić information content (AvgIpc) is 2.91. The standard InChI is InChI=1S/C29H55NO8/c1-3-5-7-8-9-10-11-12-13-14-15-17-19-25(33)30-22(23(32)18-16-6-4-2)21-37-29-28(36)27(35)26(34)24(20-31)38-29/h16,18,22-24,26-29,31-32,34-36H,3-15,17,19-21H2,1-2H3,(H,30,33)/b18-16+. The average molecular weight is 546 g/mol. The van der Waals surface area contributed by atoms with Crippen LogP contribution in [0.3, 0.4) is 0 Å². The number of carbonyl (C=O) groups excluding carboxylic acids is 1. The summed E-state index contributed by atoms with van der Waals surface area (Å²) in [5.41, 5.74) is 0. The van der Waals surface area contributed by atoms with Crippen LogP contribution in [-0.2, 0) is 14.3 Å². The van der Waals surface area contributed by atoms with Crippen LogP contribution in [0.25, 0.3) is 0 Å². The van der Waals surface area contributed by atoms with Gasteiger partial charge in [0, 0.05) is 6.42 Å². The molecule has 9 heteroatoms. The Kier molecular flexibility index (Phi) is 20.0. The predicted octanol–water partition coefficient (Wildman–Crippen LogP) is 3.10. The molecule has 0 bridgehead atoms. The first kappa shape index (κ1) is 35.0. The maximum absolute atomic E-state index is 12.6. The van der Waals surface area contributed by atoms with E-state index in [0.717, 1.165) is 32.1 Å². The van der Waals surface area contributed by atoms with Gasteiger partial charge in [0.2, 0.25) is 5.91 Å². The van der Waals surface area contributed by atoms with Crippen molar-refractivity contribution >= 4 is 5.91 Å². The van der Waals surface area contributed by atoms with Gasteiger partial charge in [-0.3, -0.25) is 4.79 Å². The van der Waals surface area contributed by atoms with Crippen LogP contribution in [0.2, 0.25) is 0 Å². The van der Waals surface area contributed by atoms with Crippen molar-refractivity contribution in [3.8, 4) is 0 Å². The first-order valence-corrected chi connectivity index (χ1v) is 14.9.